The molecule has 2 heteroatoms. The SMILES string of the molecule is c1ccc(-c2ccc(C3CCNCC3)nc2)cc1. The molecule has 0 unspecified atom stereocenters. The third-order valence-corrected chi connectivity index (χ3v) is 3.65. The number of benzene rings is 1. The van der Waals surface area contributed by atoms with Crippen molar-refractivity contribution in [2.24, 2.45) is 0 Å². The number of hydrogen-bond donors (Lipinski definition) is 1. The molecule has 1 aromatic carbocycles. The second-order valence-electron chi connectivity index (χ2n) is 4.86. The molecule has 0 amide bonds. The fourth-order valence-electron chi connectivity index (χ4n) is 2.57. The Kier molecular flexibility index (Phi) is 3.37. The molecule has 0 radical (unpaired) electrons. The molecule has 1 aliphatic heterocycles. The van der Waals surface area contributed by atoms with Gasteiger partial charge in [0.2, 0.25) is 0 Å². The first-order valence-corrected chi connectivity index (χ1v) is 6.65. The normalized spacial score (nSPS) is 16.7. The molecule has 2 aromatic rings. The molecule has 1 saturated heterocycles. The highest BCUT2D eigenvalue weighted by atomic mass is 14.9. The van der Waals surface area contributed by atoms with Crippen molar-refractivity contribution < 1.29 is 0 Å². The van der Waals surface area contributed by atoms with Crippen molar-refractivity contribution in [2.45, 2.75) is 18.8 Å². The molecule has 2 nitrogen and oxygen atoms in total. The van der Waals surface area contributed by atoms with Crippen LogP contribution in [0.5, 0.6) is 0 Å². The molecular formula is C16H18N2. The van der Waals surface area contributed by atoms with Crippen LogP contribution >= 0.6 is 0 Å². The van der Waals surface area contributed by atoms with Gasteiger partial charge in [0.25, 0.3) is 0 Å². The summed E-state index contributed by atoms with van der Waals surface area (Å²) in [5.74, 6) is 0.635. The van der Waals surface area contributed by atoms with Gasteiger partial charge in [-0.05, 0) is 37.6 Å². The van der Waals surface area contributed by atoms with Crippen molar-refractivity contribution in [2.75, 3.05) is 13.1 Å². The summed E-state index contributed by atoms with van der Waals surface area (Å²) >= 11 is 0. The molecular weight excluding hydrogens is 220 g/mol. The van der Waals surface area contributed by atoms with Crippen LogP contribution in [0.3, 0.4) is 0 Å². The molecule has 0 spiro atoms. The fourth-order valence-corrected chi connectivity index (χ4v) is 2.57. The molecule has 18 heavy (non-hydrogen) atoms. The second-order valence-corrected chi connectivity index (χ2v) is 4.86. The van der Waals surface area contributed by atoms with Crippen LogP contribution in [-0.4, -0.2) is 18.1 Å². The fraction of sp³-hybridized carbons (Fsp3) is 0.312. The third kappa shape index (κ3) is 2.44. The van der Waals surface area contributed by atoms with Crippen LogP contribution < -0.4 is 5.32 Å². The number of pyridine rings is 1. The van der Waals surface area contributed by atoms with Gasteiger partial charge < -0.3 is 5.32 Å². The summed E-state index contributed by atoms with van der Waals surface area (Å²) < 4.78 is 0. The molecule has 1 aromatic heterocycles. The van der Waals surface area contributed by atoms with E-state index in [1.807, 2.05) is 12.3 Å². The summed E-state index contributed by atoms with van der Waals surface area (Å²) in [6, 6.07) is 14.8. The Labute approximate surface area is 108 Å². The lowest BCUT2D eigenvalue weighted by atomic mass is 9.93. The van der Waals surface area contributed by atoms with E-state index in [2.05, 4.69) is 46.7 Å². The summed E-state index contributed by atoms with van der Waals surface area (Å²) in [5, 5.41) is 3.39. The minimum absolute atomic E-state index is 0.635. The van der Waals surface area contributed by atoms with Crippen LogP contribution in [0.25, 0.3) is 11.1 Å². The van der Waals surface area contributed by atoms with Gasteiger partial charge in [0, 0.05) is 23.4 Å². The van der Waals surface area contributed by atoms with Crippen molar-refractivity contribution in [1.82, 2.24) is 10.3 Å². The smallest absolute Gasteiger partial charge is 0.0435 e. The number of nitrogens with one attached hydrogen (secondary N) is 1. The lowest BCUT2D eigenvalue weighted by Gasteiger charge is -2.22. The van der Waals surface area contributed by atoms with Gasteiger partial charge in [-0.2, -0.15) is 0 Å². The Morgan fingerprint density at radius 1 is 0.889 bits per heavy atom. The number of aromatic nitrogens is 1. The predicted molar refractivity (Wildman–Crippen MR) is 74.5 cm³/mol. The Bertz CT molecular complexity index is 484. The number of hydrogen-bond acceptors (Lipinski definition) is 2. The van der Waals surface area contributed by atoms with E-state index in [1.54, 1.807) is 0 Å². The summed E-state index contributed by atoms with van der Waals surface area (Å²) in [6.07, 6.45) is 4.42. The van der Waals surface area contributed by atoms with Gasteiger partial charge in [-0.3, -0.25) is 4.98 Å². The van der Waals surface area contributed by atoms with E-state index in [4.69, 9.17) is 0 Å². The maximum absolute atomic E-state index is 4.65. The monoisotopic (exact) mass is 238 g/mol. The quantitative estimate of drug-likeness (QED) is 0.869. The summed E-state index contributed by atoms with van der Waals surface area (Å²) in [4.78, 5) is 4.65. The van der Waals surface area contributed by atoms with Crippen LogP contribution in [0.4, 0.5) is 0 Å². The summed E-state index contributed by atoms with van der Waals surface area (Å²) in [6.45, 7) is 2.24. The minimum atomic E-state index is 0.635. The Hall–Kier alpha value is -1.67. The zero-order valence-electron chi connectivity index (χ0n) is 10.5. The van der Waals surface area contributed by atoms with Crippen molar-refractivity contribution >= 4 is 0 Å². The van der Waals surface area contributed by atoms with Crippen LogP contribution in [0.15, 0.2) is 48.7 Å². The summed E-state index contributed by atoms with van der Waals surface area (Å²) in [7, 11) is 0. The molecule has 0 saturated carbocycles. The van der Waals surface area contributed by atoms with E-state index < -0.39 is 0 Å². The van der Waals surface area contributed by atoms with Crippen LogP contribution in [0, 0.1) is 0 Å². The molecule has 1 N–H and O–H groups in total. The van der Waals surface area contributed by atoms with Gasteiger partial charge in [-0.1, -0.05) is 36.4 Å². The molecule has 1 fully saturated rings. The highest BCUT2D eigenvalue weighted by Crippen LogP contribution is 2.25. The molecule has 0 atom stereocenters. The van der Waals surface area contributed by atoms with E-state index in [0.717, 1.165) is 13.1 Å². The first-order valence-electron chi connectivity index (χ1n) is 6.65. The van der Waals surface area contributed by atoms with Crippen molar-refractivity contribution in [3.8, 4) is 11.1 Å². The molecule has 1 aliphatic rings. The molecule has 3 rings (SSSR count). The molecule has 2 heterocycles. The molecule has 92 valence electrons. The lowest BCUT2D eigenvalue weighted by Crippen LogP contribution is -2.26. The van der Waals surface area contributed by atoms with Gasteiger partial charge >= 0.3 is 0 Å². The van der Waals surface area contributed by atoms with Gasteiger partial charge in [0.15, 0.2) is 0 Å². The van der Waals surface area contributed by atoms with Crippen molar-refractivity contribution in [1.29, 1.82) is 0 Å². The van der Waals surface area contributed by atoms with Crippen LogP contribution in [-0.2, 0) is 0 Å². The van der Waals surface area contributed by atoms with E-state index in [9.17, 15) is 0 Å². The van der Waals surface area contributed by atoms with Crippen LogP contribution in [0.1, 0.15) is 24.5 Å². The lowest BCUT2D eigenvalue weighted by molar-refractivity contribution is 0.453. The Morgan fingerprint density at radius 3 is 2.33 bits per heavy atom. The Morgan fingerprint density at radius 2 is 1.67 bits per heavy atom. The number of nitrogens with zero attached hydrogens (tertiary/aromatic N) is 1. The van der Waals surface area contributed by atoms with Gasteiger partial charge in [-0.15, -0.1) is 0 Å². The second kappa shape index (κ2) is 5.32. The van der Waals surface area contributed by atoms with Crippen molar-refractivity contribution in [3.05, 3.63) is 54.4 Å². The first kappa shape index (κ1) is 11.4. The van der Waals surface area contributed by atoms with Gasteiger partial charge in [0.1, 0.15) is 0 Å². The van der Waals surface area contributed by atoms with Gasteiger partial charge in [0.05, 0.1) is 0 Å². The zero-order chi connectivity index (χ0) is 12.2. The van der Waals surface area contributed by atoms with Crippen LogP contribution in [0.2, 0.25) is 0 Å². The van der Waals surface area contributed by atoms with E-state index in [1.165, 1.54) is 29.7 Å². The van der Waals surface area contributed by atoms with Crippen molar-refractivity contribution in [3.63, 3.8) is 0 Å². The topological polar surface area (TPSA) is 24.9 Å². The molecule has 0 aliphatic carbocycles. The minimum Gasteiger partial charge on any atom is -0.317 e. The molecule has 0 bridgehead atoms. The maximum atomic E-state index is 4.65. The highest BCUT2D eigenvalue weighted by Gasteiger charge is 2.15. The first-order chi connectivity index (χ1) is 8.93. The number of rotatable bonds is 2. The van der Waals surface area contributed by atoms with E-state index in [0.29, 0.717) is 5.92 Å². The number of piperidine rings is 1. The zero-order valence-corrected chi connectivity index (χ0v) is 10.5. The van der Waals surface area contributed by atoms with E-state index >= 15 is 0 Å². The standard InChI is InChI=1S/C16H18N2/c1-2-4-13(5-3-1)15-6-7-16(18-12-15)14-8-10-17-11-9-14/h1-7,12,14,17H,8-11H2. The van der Waals surface area contributed by atoms with Gasteiger partial charge in [-0.25, -0.2) is 0 Å². The summed E-state index contributed by atoms with van der Waals surface area (Å²) in [5.41, 5.74) is 3.69. The maximum Gasteiger partial charge on any atom is 0.0435 e. The average molecular weight is 238 g/mol. The predicted octanol–water partition coefficient (Wildman–Crippen LogP) is 3.22. The third-order valence-electron chi connectivity index (χ3n) is 3.65. The highest BCUT2D eigenvalue weighted by molar-refractivity contribution is 5.62. The Balaban J connectivity index is 1.80. The van der Waals surface area contributed by atoms with E-state index in [-0.39, 0.29) is 0 Å². The largest absolute Gasteiger partial charge is 0.317 e. The average Bonchev–Trinajstić information content (AvgIpc) is 2.49.